The van der Waals surface area contributed by atoms with E-state index in [0.717, 1.165) is 43.3 Å². The van der Waals surface area contributed by atoms with Crippen LogP contribution in [0.2, 0.25) is 0 Å². The molecule has 0 unspecified atom stereocenters. The lowest BCUT2D eigenvalue weighted by Gasteiger charge is -2.23. The fraction of sp³-hybridized carbons (Fsp3) is 0.500. The largest absolute Gasteiger partial charge is 0.299 e. The second-order valence-electron chi connectivity index (χ2n) is 5.20. The van der Waals surface area contributed by atoms with Crippen LogP contribution >= 0.6 is 0 Å². The Balaban J connectivity index is 1.83. The van der Waals surface area contributed by atoms with Crippen LogP contribution in [0.1, 0.15) is 19.7 Å². The number of hydrogen-bond donors (Lipinski definition) is 0. The molecule has 0 saturated carbocycles. The van der Waals surface area contributed by atoms with Crippen molar-refractivity contribution in [3.63, 3.8) is 0 Å². The number of hydrogen-bond acceptors (Lipinski definition) is 4. The molecule has 1 aliphatic heterocycles. The monoisotopic (exact) mass is 257 g/mol. The third kappa shape index (κ3) is 2.51. The van der Waals surface area contributed by atoms with Crippen LogP contribution in [0, 0.1) is 0 Å². The molecule has 0 radical (unpaired) electrons. The molecule has 100 valence electrons. The van der Waals surface area contributed by atoms with Crippen LogP contribution in [0.4, 0.5) is 0 Å². The van der Waals surface area contributed by atoms with Gasteiger partial charge in [-0.2, -0.15) is 5.10 Å². The van der Waals surface area contributed by atoms with Crippen molar-refractivity contribution < 1.29 is 0 Å². The summed E-state index contributed by atoms with van der Waals surface area (Å²) in [6.07, 6.45) is 4.55. The van der Waals surface area contributed by atoms with Gasteiger partial charge in [-0.15, -0.1) is 0 Å². The first-order valence-corrected chi connectivity index (χ1v) is 6.82. The van der Waals surface area contributed by atoms with Crippen LogP contribution in [0.25, 0.3) is 11.4 Å². The van der Waals surface area contributed by atoms with Crippen molar-refractivity contribution in [1.82, 2.24) is 24.6 Å². The molecule has 0 saturated heterocycles. The highest BCUT2D eigenvalue weighted by Gasteiger charge is 2.19. The summed E-state index contributed by atoms with van der Waals surface area (Å²) >= 11 is 0. The zero-order valence-corrected chi connectivity index (χ0v) is 11.5. The van der Waals surface area contributed by atoms with Gasteiger partial charge in [0.2, 0.25) is 0 Å². The van der Waals surface area contributed by atoms with Gasteiger partial charge in [-0.1, -0.05) is 0 Å². The molecule has 5 heteroatoms. The van der Waals surface area contributed by atoms with Crippen molar-refractivity contribution in [3.05, 3.63) is 30.4 Å². The summed E-state index contributed by atoms with van der Waals surface area (Å²) in [5, 5.41) is 4.61. The van der Waals surface area contributed by atoms with Gasteiger partial charge in [-0.25, -0.2) is 9.67 Å². The van der Waals surface area contributed by atoms with Gasteiger partial charge in [-0.05, 0) is 26.0 Å². The third-order valence-electron chi connectivity index (χ3n) is 3.62. The Kier molecular flexibility index (Phi) is 3.29. The Morgan fingerprint density at radius 3 is 2.84 bits per heavy atom. The minimum Gasteiger partial charge on any atom is -0.299 e. The van der Waals surface area contributed by atoms with Gasteiger partial charge >= 0.3 is 0 Å². The lowest BCUT2D eigenvalue weighted by molar-refractivity contribution is 0.225. The number of fused-ring (bicyclic) bond motifs is 1. The van der Waals surface area contributed by atoms with E-state index in [1.54, 1.807) is 6.20 Å². The summed E-state index contributed by atoms with van der Waals surface area (Å²) in [5.74, 6) is 1.88. The molecule has 0 bridgehead atoms. The van der Waals surface area contributed by atoms with Crippen LogP contribution in [-0.2, 0) is 13.0 Å². The van der Waals surface area contributed by atoms with Crippen LogP contribution in [-0.4, -0.2) is 43.8 Å². The lowest BCUT2D eigenvalue weighted by Crippen LogP contribution is -2.33. The molecule has 0 N–H and O–H groups in total. The van der Waals surface area contributed by atoms with E-state index in [4.69, 9.17) is 0 Å². The molecule has 0 atom stereocenters. The molecule has 1 aliphatic rings. The van der Waals surface area contributed by atoms with E-state index in [9.17, 15) is 0 Å². The number of rotatable bonds is 2. The van der Waals surface area contributed by atoms with E-state index in [-0.39, 0.29) is 0 Å². The molecule has 0 aromatic carbocycles. The van der Waals surface area contributed by atoms with E-state index in [0.29, 0.717) is 6.04 Å². The minimum absolute atomic E-state index is 0.586. The predicted molar refractivity (Wildman–Crippen MR) is 73.7 cm³/mol. The summed E-state index contributed by atoms with van der Waals surface area (Å²) in [5.41, 5.74) is 0.990. The Morgan fingerprint density at radius 2 is 2.11 bits per heavy atom. The van der Waals surface area contributed by atoms with Gasteiger partial charge in [0.15, 0.2) is 5.82 Å². The fourth-order valence-corrected chi connectivity index (χ4v) is 2.45. The Labute approximate surface area is 113 Å². The van der Waals surface area contributed by atoms with E-state index in [1.165, 1.54) is 0 Å². The normalized spacial score (nSPS) is 16.4. The molecule has 0 amide bonds. The maximum absolute atomic E-state index is 4.66. The Hall–Kier alpha value is -1.75. The van der Waals surface area contributed by atoms with E-state index in [2.05, 4.69) is 33.8 Å². The zero-order valence-electron chi connectivity index (χ0n) is 11.5. The molecule has 2 aromatic rings. The predicted octanol–water partition coefficient (Wildman–Crippen LogP) is 1.61. The summed E-state index contributed by atoms with van der Waals surface area (Å²) in [6, 6.07) is 4.51. The van der Waals surface area contributed by atoms with Crippen LogP contribution < -0.4 is 0 Å². The SMILES string of the molecule is CC(C)N1CCc2nc(-c3cccnc3)nn2CC1. The number of nitrogens with zero attached hydrogens (tertiary/aromatic N) is 5. The van der Waals surface area contributed by atoms with Crippen LogP contribution in [0.15, 0.2) is 24.5 Å². The van der Waals surface area contributed by atoms with Gasteiger partial charge in [-0.3, -0.25) is 9.88 Å². The molecule has 0 aliphatic carbocycles. The van der Waals surface area contributed by atoms with E-state index in [1.807, 2.05) is 23.0 Å². The highest BCUT2D eigenvalue weighted by molar-refractivity contribution is 5.52. The van der Waals surface area contributed by atoms with Crippen molar-refractivity contribution in [2.45, 2.75) is 32.9 Å². The quantitative estimate of drug-likeness (QED) is 0.820. The topological polar surface area (TPSA) is 46.8 Å². The number of aromatic nitrogens is 4. The molecular formula is C14H19N5. The first-order chi connectivity index (χ1) is 9.24. The van der Waals surface area contributed by atoms with Gasteiger partial charge in [0, 0.05) is 43.5 Å². The lowest BCUT2D eigenvalue weighted by atomic mass is 10.2. The maximum Gasteiger partial charge on any atom is 0.182 e. The highest BCUT2D eigenvalue weighted by Crippen LogP contribution is 2.16. The summed E-state index contributed by atoms with van der Waals surface area (Å²) in [4.78, 5) is 11.3. The minimum atomic E-state index is 0.586. The second kappa shape index (κ2) is 5.09. The van der Waals surface area contributed by atoms with Gasteiger partial charge in [0.05, 0.1) is 6.54 Å². The smallest absolute Gasteiger partial charge is 0.182 e. The molecule has 3 rings (SSSR count). The standard InChI is InChI=1S/C14H19N5/c1-11(2)18-7-5-13-16-14(17-19(13)9-8-18)12-4-3-6-15-10-12/h3-4,6,10-11H,5,7-9H2,1-2H3. The van der Waals surface area contributed by atoms with Crippen molar-refractivity contribution in [2.24, 2.45) is 0 Å². The molecule has 5 nitrogen and oxygen atoms in total. The highest BCUT2D eigenvalue weighted by atomic mass is 15.4. The zero-order chi connectivity index (χ0) is 13.2. The average Bonchev–Trinajstić information content (AvgIpc) is 2.73. The number of pyridine rings is 1. The molecule has 0 fully saturated rings. The summed E-state index contributed by atoms with van der Waals surface area (Å²) < 4.78 is 2.05. The fourth-order valence-electron chi connectivity index (χ4n) is 2.45. The van der Waals surface area contributed by atoms with Crippen molar-refractivity contribution in [1.29, 1.82) is 0 Å². The van der Waals surface area contributed by atoms with Crippen molar-refractivity contribution >= 4 is 0 Å². The first kappa shape index (κ1) is 12.3. The first-order valence-electron chi connectivity index (χ1n) is 6.82. The van der Waals surface area contributed by atoms with Gasteiger partial charge < -0.3 is 0 Å². The average molecular weight is 257 g/mol. The third-order valence-corrected chi connectivity index (χ3v) is 3.62. The van der Waals surface area contributed by atoms with E-state index < -0.39 is 0 Å². The second-order valence-corrected chi connectivity index (χ2v) is 5.20. The van der Waals surface area contributed by atoms with Gasteiger partial charge in [0.25, 0.3) is 0 Å². The van der Waals surface area contributed by atoms with Crippen LogP contribution in [0.5, 0.6) is 0 Å². The Morgan fingerprint density at radius 1 is 1.21 bits per heavy atom. The molecule has 3 heterocycles. The van der Waals surface area contributed by atoms with Crippen LogP contribution in [0.3, 0.4) is 0 Å². The van der Waals surface area contributed by atoms with E-state index >= 15 is 0 Å². The molecule has 19 heavy (non-hydrogen) atoms. The summed E-state index contributed by atoms with van der Waals surface area (Å²) in [7, 11) is 0. The maximum atomic E-state index is 4.66. The van der Waals surface area contributed by atoms with Crippen molar-refractivity contribution in [3.8, 4) is 11.4 Å². The molecular weight excluding hydrogens is 238 g/mol. The van der Waals surface area contributed by atoms with Gasteiger partial charge in [0.1, 0.15) is 5.82 Å². The Bertz CT molecular complexity index is 521. The molecule has 2 aromatic heterocycles. The van der Waals surface area contributed by atoms with Crippen molar-refractivity contribution in [2.75, 3.05) is 13.1 Å². The summed E-state index contributed by atoms with van der Waals surface area (Å²) in [6.45, 7) is 7.50. The molecule has 0 spiro atoms.